The molecule has 0 aromatic heterocycles. The minimum Gasteiger partial charge on any atom is -0.496 e. The van der Waals surface area contributed by atoms with Gasteiger partial charge in [-0.15, -0.1) is 0 Å². The Morgan fingerprint density at radius 2 is 1.53 bits per heavy atom. The zero-order valence-electron chi connectivity index (χ0n) is 11.9. The smallest absolute Gasteiger partial charge is 0.409 e. The predicted octanol–water partition coefficient (Wildman–Crippen LogP) is 1.91. The standard InChI is InChI=1S/C13H19NO5/c1-14(13(15)19-5)8-9-6-11(17-3)12(18-4)7-10(9)16-2/h6-7H,8H2,1-5H3. The lowest BCUT2D eigenvalue weighted by molar-refractivity contribution is 0.131. The van der Waals surface area contributed by atoms with Crippen molar-refractivity contribution in [2.45, 2.75) is 6.54 Å². The van der Waals surface area contributed by atoms with Gasteiger partial charge in [-0.05, 0) is 6.07 Å². The van der Waals surface area contributed by atoms with Crippen molar-refractivity contribution in [3.05, 3.63) is 17.7 Å². The van der Waals surface area contributed by atoms with Gasteiger partial charge in [0.2, 0.25) is 0 Å². The number of rotatable bonds is 5. The van der Waals surface area contributed by atoms with E-state index in [-0.39, 0.29) is 0 Å². The summed E-state index contributed by atoms with van der Waals surface area (Å²) in [5, 5.41) is 0. The van der Waals surface area contributed by atoms with Crippen LogP contribution in [0.3, 0.4) is 0 Å². The van der Waals surface area contributed by atoms with Crippen molar-refractivity contribution in [3.8, 4) is 17.2 Å². The number of ether oxygens (including phenoxy) is 4. The van der Waals surface area contributed by atoms with Crippen LogP contribution in [0.1, 0.15) is 5.56 Å². The van der Waals surface area contributed by atoms with Gasteiger partial charge in [0, 0.05) is 18.7 Å². The first-order chi connectivity index (χ1) is 9.07. The molecule has 0 N–H and O–H groups in total. The van der Waals surface area contributed by atoms with Gasteiger partial charge in [0.05, 0.1) is 35.0 Å². The van der Waals surface area contributed by atoms with Crippen molar-refractivity contribution in [1.29, 1.82) is 0 Å². The molecule has 0 saturated heterocycles. The number of carbonyl (C=O) groups excluding carboxylic acids is 1. The van der Waals surface area contributed by atoms with Crippen LogP contribution in [0.2, 0.25) is 0 Å². The van der Waals surface area contributed by atoms with Crippen LogP contribution in [0.5, 0.6) is 17.2 Å². The van der Waals surface area contributed by atoms with E-state index in [1.54, 1.807) is 40.5 Å². The quantitative estimate of drug-likeness (QED) is 0.817. The van der Waals surface area contributed by atoms with E-state index in [2.05, 4.69) is 4.74 Å². The molecular weight excluding hydrogens is 250 g/mol. The highest BCUT2D eigenvalue weighted by Crippen LogP contribution is 2.35. The van der Waals surface area contributed by atoms with Gasteiger partial charge in [-0.25, -0.2) is 4.79 Å². The zero-order chi connectivity index (χ0) is 14.4. The van der Waals surface area contributed by atoms with Crippen LogP contribution in [0, 0.1) is 0 Å². The van der Waals surface area contributed by atoms with Crippen LogP contribution < -0.4 is 14.2 Å². The number of nitrogens with zero attached hydrogens (tertiary/aromatic N) is 1. The molecule has 0 aliphatic carbocycles. The summed E-state index contributed by atoms with van der Waals surface area (Å²) in [4.78, 5) is 12.8. The van der Waals surface area contributed by atoms with E-state index in [1.165, 1.54) is 12.0 Å². The highest BCUT2D eigenvalue weighted by Gasteiger charge is 2.16. The van der Waals surface area contributed by atoms with Crippen molar-refractivity contribution in [2.75, 3.05) is 35.5 Å². The molecule has 0 heterocycles. The molecule has 6 heteroatoms. The number of amides is 1. The minimum atomic E-state index is -0.420. The van der Waals surface area contributed by atoms with Gasteiger partial charge in [0.1, 0.15) is 5.75 Å². The normalized spacial score (nSPS) is 9.74. The maximum absolute atomic E-state index is 11.4. The molecule has 1 aromatic carbocycles. The third-order valence-electron chi connectivity index (χ3n) is 2.68. The monoisotopic (exact) mass is 269 g/mol. The molecule has 0 atom stereocenters. The molecular formula is C13H19NO5. The second-order valence-corrected chi connectivity index (χ2v) is 3.85. The Morgan fingerprint density at radius 1 is 1.00 bits per heavy atom. The second-order valence-electron chi connectivity index (χ2n) is 3.85. The predicted molar refractivity (Wildman–Crippen MR) is 70.0 cm³/mol. The van der Waals surface area contributed by atoms with E-state index in [0.717, 1.165) is 5.56 Å². The fourth-order valence-corrected chi connectivity index (χ4v) is 1.69. The Morgan fingerprint density at radius 3 is 2.00 bits per heavy atom. The molecule has 1 aromatic rings. The van der Waals surface area contributed by atoms with Crippen LogP contribution in [0.25, 0.3) is 0 Å². The molecule has 1 amide bonds. The van der Waals surface area contributed by atoms with Crippen molar-refractivity contribution < 1.29 is 23.7 Å². The number of carbonyl (C=O) groups is 1. The molecule has 0 saturated carbocycles. The van der Waals surface area contributed by atoms with Gasteiger partial charge in [0.25, 0.3) is 0 Å². The molecule has 19 heavy (non-hydrogen) atoms. The topological polar surface area (TPSA) is 57.2 Å². The molecule has 1 rings (SSSR count). The van der Waals surface area contributed by atoms with Gasteiger partial charge in [-0.3, -0.25) is 0 Å². The zero-order valence-corrected chi connectivity index (χ0v) is 11.9. The molecule has 106 valence electrons. The van der Waals surface area contributed by atoms with Crippen molar-refractivity contribution in [2.24, 2.45) is 0 Å². The summed E-state index contributed by atoms with van der Waals surface area (Å²) < 4.78 is 20.4. The van der Waals surface area contributed by atoms with E-state index in [9.17, 15) is 4.79 Å². The molecule has 0 bridgehead atoms. The highest BCUT2D eigenvalue weighted by molar-refractivity contribution is 5.67. The Balaban J connectivity index is 3.08. The van der Waals surface area contributed by atoms with E-state index >= 15 is 0 Å². The fraction of sp³-hybridized carbons (Fsp3) is 0.462. The number of hydrogen-bond acceptors (Lipinski definition) is 5. The first-order valence-corrected chi connectivity index (χ1v) is 5.65. The third-order valence-corrected chi connectivity index (χ3v) is 2.68. The van der Waals surface area contributed by atoms with E-state index in [0.29, 0.717) is 23.8 Å². The molecule has 0 spiro atoms. The Labute approximate surface area is 112 Å². The molecule has 0 radical (unpaired) electrons. The summed E-state index contributed by atoms with van der Waals surface area (Å²) in [6.45, 7) is 0.343. The summed E-state index contributed by atoms with van der Waals surface area (Å²) >= 11 is 0. The van der Waals surface area contributed by atoms with Crippen LogP contribution >= 0.6 is 0 Å². The Kier molecular flexibility index (Phi) is 5.29. The number of benzene rings is 1. The summed E-state index contributed by atoms with van der Waals surface area (Å²) in [6, 6.07) is 3.50. The van der Waals surface area contributed by atoms with E-state index in [1.807, 2.05) is 0 Å². The highest BCUT2D eigenvalue weighted by atomic mass is 16.5. The molecule has 0 fully saturated rings. The Bertz CT molecular complexity index is 447. The van der Waals surface area contributed by atoms with Crippen LogP contribution in [-0.4, -0.2) is 46.5 Å². The average Bonchev–Trinajstić information content (AvgIpc) is 2.45. The van der Waals surface area contributed by atoms with Crippen molar-refractivity contribution >= 4 is 6.09 Å². The number of hydrogen-bond donors (Lipinski definition) is 0. The lowest BCUT2D eigenvalue weighted by Gasteiger charge is -2.19. The largest absolute Gasteiger partial charge is 0.496 e. The lowest BCUT2D eigenvalue weighted by atomic mass is 10.1. The fourth-order valence-electron chi connectivity index (χ4n) is 1.69. The van der Waals surface area contributed by atoms with Gasteiger partial charge >= 0.3 is 6.09 Å². The van der Waals surface area contributed by atoms with Gasteiger partial charge in [-0.2, -0.15) is 0 Å². The summed E-state index contributed by atoms with van der Waals surface area (Å²) in [5.74, 6) is 1.77. The molecule has 6 nitrogen and oxygen atoms in total. The average molecular weight is 269 g/mol. The minimum absolute atomic E-state index is 0.343. The van der Waals surface area contributed by atoms with Gasteiger partial charge in [-0.1, -0.05) is 0 Å². The Hall–Kier alpha value is -2.11. The maximum atomic E-state index is 11.4. The van der Waals surface area contributed by atoms with Crippen LogP contribution in [0.15, 0.2) is 12.1 Å². The van der Waals surface area contributed by atoms with Gasteiger partial charge < -0.3 is 23.8 Å². The van der Waals surface area contributed by atoms with Crippen molar-refractivity contribution in [1.82, 2.24) is 4.90 Å². The maximum Gasteiger partial charge on any atom is 0.409 e. The van der Waals surface area contributed by atoms with Crippen molar-refractivity contribution in [3.63, 3.8) is 0 Å². The third kappa shape index (κ3) is 3.43. The summed E-state index contributed by atoms with van der Waals surface area (Å²) in [5.41, 5.74) is 0.799. The van der Waals surface area contributed by atoms with Gasteiger partial charge in [0.15, 0.2) is 11.5 Å². The summed E-state index contributed by atoms with van der Waals surface area (Å²) in [6.07, 6.45) is -0.420. The van der Waals surface area contributed by atoms with Crippen LogP contribution in [-0.2, 0) is 11.3 Å². The second kappa shape index (κ2) is 6.72. The molecule has 0 aliphatic rings. The number of methoxy groups -OCH3 is 4. The lowest BCUT2D eigenvalue weighted by Crippen LogP contribution is -2.26. The molecule has 0 unspecified atom stereocenters. The van der Waals surface area contributed by atoms with Crippen LogP contribution in [0.4, 0.5) is 4.79 Å². The van der Waals surface area contributed by atoms with E-state index in [4.69, 9.17) is 14.2 Å². The summed E-state index contributed by atoms with van der Waals surface area (Å²) in [7, 11) is 7.64. The first kappa shape index (κ1) is 14.9. The first-order valence-electron chi connectivity index (χ1n) is 5.65. The van der Waals surface area contributed by atoms with E-state index < -0.39 is 6.09 Å². The molecule has 0 aliphatic heterocycles. The SMILES string of the molecule is COC(=O)N(C)Cc1cc(OC)c(OC)cc1OC.